The molecule has 2 unspecified atom stereocenters. The molecule has 2 aromatic rings. The summed E-state index contributed by atoms with van der Waals surface area (Å²) < 4.78 is 12.8. The minimum absolute atomic E-state index is 0.0584. The quantitative estimate of drug-likeness (QED) is 0.861. The Hall–Kier alpha value is -2.15. The number of hydrogen-bond acceptors (Lipinski definition) is 6. The number of aromatic nitrogens is 4. The maximum Gasteiger partial charge on any atom is 0.184 e. The average Bonchev–Trinajstić information content (AvgIpc) is 3.18. The molecule has 0 radical (unpaired) electrons. The van der Waals surface area contributed by atoms with Gasteiger partial charge in [0.1, 0.15) is 5.75 Å². The molecule has 0 aliphatic carbocycles. The number of hydrogen-bond donors (Lipinski definition) is 1. The summed E-state index contributed by atoms with van der Waals surface area (Å²) in [5.41, 5.74) is 7.45. The molecule has 0 amide bonds. The first-order valence-electron chi connectivity index (χ1n) is 7.04. The van der Waals surface area contributed by atoms with E-state index in [4.69, 9.17) is 15.2 Å². The van der Waals surface area contributed by atoms with Crippen molar-refractivity contribution < 1.29 is 9.47 Å². The molecule has 1 fully saturated rings. The van der Waals surface area contributed by atoms with Crippen molar-refractivity contribution in [2.45, 2.75) is 31.9 Å². The first-order chi connectivity index (χ1) is 10.2. The molecule has 21 heavy (non-hydrogen) atoms. The van der Waals surface area contributed by atoms with Gasteiger partial charge in [-0.2, -0.15) is 0 Å². The number of benzene rings is 1. The summed E-state index contributed by atoms with van der Waals surface area (Å²) in [6.45, 7) is 2.86. The van der Waals surface area contributed by atoms with Gasteiger partial charge in [0.15, 0.2) is 5.82 Å². The minimum atomic E-state index is 0.0584. The van der Waals surface area contributed by atoms with Crippen molar-refractivity contribution >= 4 is 5.69 Å². The smallest absolute Gasteiger partial charge is 0.184 e. The zero-order valence-electron chi connectivity index (χ0n) is 12.2. The third-order valence-electron chi connectivity index (χ3n) is 3.88. The molecule has 1 aromatic heterocycles. The highest BCUT2D eigenvalue weighted by molar-refractivity contribution is 5.73. The second-order valence-electron chi connectivity index (χ2n) is 5.19. The molecular formula is C14H19N5O2. The van der Waals surface area contributed by atoms with Gasteiger partial charge in [-0.1, -0.05) is 0 Å². The molecule has 3 rings (SSSR count). The van der Waals surface area contributed by atoms with Gasteiger partial charge in [-0.15, -0.1) is 5.10 Å². The normalized spacial score (nSPS) is 19.6. The van der Waals surface area contributed by atoms with Gasteiger partial charge in [0, 0.05) is 17.9 Å². The molecule has 0 spiro atoms. The molecule has 1 saturated heterocycles. The van der Waals surface area contributed by atoms with E-state index in [1.165, 1.54) is 0 Å². The van der Waals surface area contributed by atoms with E-state index in [1.54, 1.807) is 17.9 Å². The van der Waals surface area contributed by atoms with Gasteiger partial charge in [-0.05, 0) is 48.4 Å². The number of anilines is 1. The number of ether oxygens (including phenoxy) is 2. The van der Waals surface area contributed by atoms with Gasteiger partial charge in [-0.25, -0.2) is 4.68 Å². The molecule has 7 heteroatoms. The number of nitrogens with two attached hydrogens (primary N) is 1. The Bertz CT molecular complexity index is 622. The van der Waals surface area contributed by atoms with E-state index in [0.717, 1.165) is 30.8 Å². The molecule has 1 aliphatic heterocycles. The SMILES string of the molecule is COc1ccc(N)c(-c2nnnn2C(C)C2CCCO2)c1. The molecule has 2 atom stereocenters. The minimum Gasteiger partial charge on any atom is -0.497 e. The lowest BCUT2D eigenvalue weighted by Gasteiger charge is -2.20. The van der Waals surface area contributed by atoms with Crippen LogP contribution < -0.4 is 10.5 Å². The van der Waals surface area contributed by atoms with Crippen molar-refractivity contribution in [3.8, 4) is 17.1 Å². The van der Waals surface area contributed by atoms with E-state index < -0.39 is 0 Å². The fourth-order valence-corrected chi connectivity index (χ4v) is 2.64. The van der Waals surface area contributed by atoms with Crippen LogP contribution >= 0.6 is 0 Å². The number of tetrazole rings is 1. The van der Waals surface area contributed by atoms with Gasteiger partial charge < -0.3 is 15.2 Å². The van der Waals surface area contributed by atoms with Crippen LogP contribution in [0, 0.1) is 0 Å². The number of nitrogen functional groups attached to an aromatic ring is 1. The fraction of sp³-hybridized carbons (Fsp3) is 0.500. The largest absolute Gasteiger partial charge is 0.497 e. The topological polar surface area (TPSA) is 88.1 Å². The summed E-state index contributed by atoms with van der Waals surface area (Å²) in [7, 11) is 1.62. The van der Waals surface area contributed by atoms with E-state index in [0.29, 0.717) is 11.5 Å². The maximum atomic E-state index is 6.06. The first kappa shape index (κ1) is 13.8. The molecular weight excluding hydrogens is 270 g/mol. The number of rotatable bonds is 4. The Labute approximate surface area is 123 Å². The van der Waals surface area contributed by atoms with Gasteiger partial charge in [0.25, 0.3) is 0 Å². The lowest BCUT2D eigenvalue weighted by atomic mass is 10.1. The number of methoxy groups -OCH3 is 1. The third kappa shape index (κ3) is 2.56. The molecule has 2 heterocycles. The van der Waals surface area contributed by atoms with Crippen LogP contribution in [0.2, 0.25) is 0 Å². The van der Waals surface area contributed by atoms with Gasteiger partial charge in [0.2, 0.25) is 0 Å². The van der Waals surface area contributed by atoms with Crippen molar-refractivity contribution in [2.75, 3.05) is 19.5 Å². The van der Waals surface area contributed by atoms with Crippen LogP contribution in [-0.4, -0.2) is 40.0 Å². The predicted molar refractivity (Wildman–Crippen MR) is 77.9 cm³/mol. The molecule has 2 N–H and O–H groups in total. The lowest BCUT2D eigenvalue weighted by Crippen LogP contribution is -2.22. The van der Waals surface area contributed by atoms with E-state index >= 15 is 0 Å². The third-order valence-corrected chi connectivity index (χ3v) is 3.88. The van der Waals surface area contributed by atoms with Crippen LogP contribution in [0.4, 0.5) is 5.69 Å². The van der Waals surface area contributed by atoms with E-state index in [9.17, 15) is 0 Å². The molecule has 112 valence electrons. The van der Waals surface area contributed by atoms with E-state index in [1.807, 2.05) is 12.1 Å². The summed E-state index contributed by atoms with van der Waals surface area (Å²) >= 11 is 0. The molecule has 0 saturated carbocycles. The highest BCUT2D eigenvalue weighted by Gasteiger charge is 2.27. The molecule has 0 bridgehead atoms. The lowest BCUT2D eigenvalue weighted by molar-refractivity contribution is 0.0690. The highest BCUT2D eigenvalue weighted by atomic mass is 16.5. The van der Waals surface area contributed by atoms with Crippen LogP contribution in [0.1, 0.15) is 25.8 Å². The predicted octanol–water partition coefficient (Wildman–Crippen LogP) is 1.67. The summed E-state index contributed by atoms with van der Waals surface area (Å²) in [5.74, 6) is 1.35. The standard InChI is InChI=1S/C14H19N5O2/c1-9(13-4-3-7-21-13)19-14(16-17-18-19)11-8-10(20-2)5-6-12(11)15/h5-6,8-9,13H,3-4,7,15H2,1-2H3. The highest BCUT2D eigenvalue weighted by Crippen LogP contribution is 2.31. The van der Waals surface area contributed by atoms with E-state index in [2.05, 4.69) is 22.4 Å². The van der Waals surface area contributed by atoms with Crippen molar-refractivity contribution in [3.05, 3.63) is 18.2 Å². The Morgan fingerprint density at radius 2 is 2.33 bits per heavy atom. The van der Waals surface area contributed by atoms with Gasteiger partial charge >= 0.3 is 0 Å². The number of nitrogens with zero attached hydrogens (tertiary/aromatic N) is 4. The van der Waals surface area contributed by atoms with Crippen molar-refractivity contribution in [1.82, 2.24) is 20.2 Å². The monoisotopic (exact) mass is 289 g/mol. The van der Waals surface area contributed by atoms with Gasteiger partial charge in [0.05, 0.1) is 19.3 Å². The zero-order valence-corrected chi connectivity index (χ0v) is 12.2. The van der Waals surface area contributed by atoms with Crippen molar-refractivity contribution in [1.29, 1.82) is 0 Å². The average molecular weight is 289 g/mol. The second-order valence-corrected chi connectivity index (χ2v) is 5.19. The Kier molecular flexibility index (Phi) is 3.74. The van der Waals surface area contributed by atoms with Crippen LogP contribution in [0.3, 0.4) is 0 Å². The van der Waals surface area contributed by atoms with Crippen LogP contribution in [0.15, 0.2) is 18.2 Å². The summed E-state index contributed by atoms with van der Waals surface area (Å²) in [4.78, 5) is 0. The van der Waals surface area contributed by atoms with Crippen molar-refractivity contribution in [2.24, 2.45) is 0 Å². The Morgan fingerprint density at radius 1 is 1.48 bits per heavy atom. The first-order valence-corrected chi connectivity index (χ1v) is 7.04. The summed E-state index contributed by atoms with van der Waals surface area (Å²) in [6, 6.07) is 5.52. The summed E-state index contributed by atoms with van der Waals surface area (Å²) in [5, 5.41) is 12.0. The fourth-order valence-electron chi connectivity index (χ4n) is 2.64. The molecule has 7 nitrogen and oxygen atoms in total. The maximum absolute atomic E-state index is 6.06. The van der Waals surface area contributed by atoms with Crippen LogP contribution in [-0.2, 0) is 4.74 Å². The van der Waals surface area contributed by atoms with E-state index in [-0.39, 0.29) is 12.1 Å². The Balaban J connectivity index is 1.98. The Morgan fingerprint density at radius 3 is 3.05 bits per heavy atom. The van der Waals surface area contributed by atoms with Crippen LogP contribution in [0.5, 0.6) is 5.75 Å². The van der Waals surface area contributed by atoms with Gasteiger partial charge in [-0.3, -0.25) is 0 Å². The van der Waals surface area contributed by atoms with Crippen molar-refractivity contribution in [3.63, 3.8) is 0 Å². The molecule has 1 aliphatic rings. The summed E-state index contributed by atoms with van der Waals surface area (Å²) in [6.07, 6.45) is 2.24. The second kappa shape index (κ2) is 5.69. The molecule has 1 aromatic carbocycles. The zero-order chi connectivity index (χ0) is 14.8. The van der Waals surface area contributed by atoms with Crippen LogP contribution in [0.25, 0.3) is 11.4 Å².